The number of amides is 1. The molecule has 0 radical (unpaired) electrons. The monoisotopic (exact) mass is 585 g/mol. The van der Waals surface area contributed by atoms with Gasteiger partial charge in [-0.3, -0.25) is 4.79 Å². The number of nitrogens with one attached hydrogen (secondary N) is 2. The first-order chi connectivity index (χ1) is 19.1. The van der Waals surface area contributed by atoms with E-state index in [-0.39, 0.29) is 22.8 Å². The van der Waals surface area contributed by atoms with Gasteiger partial charge in [0.25, 0.3) is 5.91 Å². The van der Waals surface area contributed by atoms with E-state index >= 15 is 0 Å². The number of halogens is 1. The minimum atomic E-state index is -4.08. The van der Waals surface area contributed by atoms with Crippen molar-refractivity contribution >= 4 is 33.4 Å². The van der Waals surface area contributed by atoms with Gasteiger partial charge in [0.15, 0.2) is 0 Å². The Morgan fingerprint density at radius 1 is 1.18 bits per heavy atom. The normalized spacial score (nSPS) is 32.5. The molecule has 1 unspecified atom stereocenters. The second-order valence-corrected chi connectivity index (χ2v) is 13.8. The fourth-order valence-electron chi connectivity index (χ4n) is 6.90. The largest absolute Gasteiger partial charge is 0.490 e. The Balaban J connectivity index is 1.42. The summed E-state index contributed by atoms with van der Waals surface area (Å²) in [6, 6.07) is 10.8. The molecule has 0 aromatic heterocycles. The van der Waals surface area contributed by atoms with Crippen molar-refractivity contribution in [3.63, 3.8) is 0 Å². The van der Waals surface area contributed by atoms with Crippen LogP contribution in [0.3, 0.4) is 0 Å². The van der Waals surface area contributed by atoms with Crippen molar-refractivity contribution in [2.24, 2.45) is 11.8 Å². The van der Waals surface area contributed by atoms with E-state index in [1.165, 1.54) is 11.1 Å². The minimum absolute atomic E-state index is 0.114. The van der Waals surface area contributed by atoms with Gasteiger partial charge in [0.1, 0.15) is 5.75 Å². The number of nitrogens with zero attached hydrogens (tertiary/aromatic N) is 1. The summed E-state index contributed by atoms with van der Waals surface area (Å²) >= 11 is 6.36. The summed E-state index contributed by atoms with van der Waals surface area (Å²) in [5.74, 6) is 0.362. The van der Waals surface area contributed by atoms with E-state index in [2.05, 4.69) is 26.5 Å². The maximum Gasteiger partial charge on any atom is 0.301 e. The van der Waals surface area contributed by atoms with Gasteiger partial charge >= 0.3 is 10.2 Å². The first-order valence-corrected chi connectivity index (χ1v) is 16.0. The van der Waals surface area contributed by atoms with Gasteiger partial charge in [0, 0.05) is 35.1 Å². The predicted molar refractivity (Wildman–Crippen MR) is 155 cm³/mol. The van der Waals surface area contributed by atoms with Crippen LogP contribution in [0.25, 0.3) is 0 Å². The van der Waals surface area contributed by atoms with E-state index < -0.39 is 28.3 Å². The molecule has 2 aromatic rings. The lowest BCUT2D eigenvalue weighted by Crippen LogP contribution is -2.49. The van der Waals surface area contributed by atoms with E-state index in [9.17, 15) is 18.3 Å². The fraction of sp³-hybridized carbons (Fsp3) is 0.500. The van der Waals surface area contributed by atoms with Gasteiger partial charge in [-0.2, -0.15) is 13.1 Å². The highest BCUT2D eigenvalue weighted by molar-refractivity contribution is 7.88. The second kappa shape index (κ2) is 10.7. The molecule has 2 aromatic carbocycles. The van der Waals surface area contributed by atoms with Crippen LogP contribution in [-0.2, 0) is 22.0 Å². The number of carbonyl (C=O) groups excluding carboxylic acids is 1. The number of hydrogen-bond acceptors (Lipinski definition) is 6. The number of rotatable bonds is 0. The summed E-state index contributed by atoms with van der Waals surface area (Å²) in [7, 11) is -4.08. The third-order valence-corrected chi connectivity index (χ3v) is 10.5. The zero-order valence-corrected chi connectivity index (χ0v) is 24.2. The number of anilines is 1. The van der Waals surface area contributed by atoms with E-state index in [4.69, 9.17) is 16.3 Å². The van der Waals surface area contributed by atoms with Gasteiger partial charge in [-0.15, -0.1) is 0 Å². The molecule has 214 valence electrons. The Labute approximate surface area is 240 Å². The molecule has 1 fully saturated rings. The number of ether oxygens (including phenoxy) is 1. The van der Waals surface area contributed by atoms with Crippen LogP contribution in [0.15, 0.2) is 48.6 Å². The summed E-state index contributed by atoms with van der Waals surface area (Å²) < 4.78 is 36.5. The number of aryl methyl sites for hydroxylation is 1. The molecular formula is C30H36ClN3O5S. The van der Waals surface area contributed by atoms with Gasteiger partial charge in [0.2, 0.25) is 0 Å². The second-order valence-electron chi connectivity index (χ2n) is 11.9. The van der Waals surface area contributed by atoms with E-state index in [1.807, 2.05) is 12.1 Å². The summed E-state index contributed by atoms with van der Waals surface area (Å²) in [5.41, 5.74) is 3.25. The van der Waals surface area contributed by atoms with Crippen LogP contribution in [0.4, 0.5) is 5.69 Å². The standard InChI is InChI=1S/C30H36ClN3O5S/c1-19-4-2-6-27(35)24-10-7-22(24)16-34-17-30(13-3-5-20-14-23(31)9-11-25(20)30)18-39-28-12-8-21(15-26(28)34)29(36)33-40(37,38)32-19/h2,6,8-9,11-12,14-15,19,22,24,27,32,35H,3-5,7,10,13,16-18H2,1H3,(H,33,36)/b6-2+/t19-,22+,24-,27?,30+/m1/s1. The van der Waals surface area contributed by atoms with Crippen molar-refractivity contribution in [2.45, 2.75) is 63.0 Å². The highest BCUT2D eigenvalue weighted by Gasteiger charge is 2.44. The molecule has 2 heterocycles. The van der Waals surface area contributed by atoms with Crippen molar-refractivity contribution in [2.75, 3.05) is 24.6 Å². The van der Waals surface area contributed by atoms with Crippen LogP contribution < -0.4 is 19.1 Å². The fourth-order valence-corrected chi connectivity index (χ4v) is 8.14. The zero-order valence-electron chi connectivity index (χ0n) is 22.6. The van der Waals surface area contributed by atoms with Crippen LogP contribution in [0.1, 0.15) is 60.5 Å². The average molecular weight is 586 g/mol. The summed E-state index contributed by atoms with van der Waals surface area (Å²) in [6.45, 7) is 3.61. The smallest absolute Gasteiger partial charge is 0.301 e. The van der Waals surface area contributed by atoms with Crippen LogP contribution in [0.5, 0.6) is 5.75 Å². The van der Waals surface area contributed by atoms with E-state index in [1.54, 1.807) is 31.2 Å². The maximum atomic E-state index is 13.1. The molecule has 2 aliphatic heterocycles. The average Bonchev–Trinajstić information content (AvgIpc) is 3.02. The summed E-state index contributed by atoms with van der Waals surface area (Å²) in [5, 5.41) is 11.7. The van der Waals surface area contributed by atoms with Crippen molar-refractivity contribution < 1.29 is 23.1 Å². The molecule has 2 bridgehead atoms. The quantitative estimate of drug-likeness (QED) is 0.402. The predicted octanol–water partition coefficient (Wildman–Crippen LogP) is 4.11. The number of fused-ring (bicyclic) bond motifs is 4. The van der Waals surface area contributed by atoms with Gasteiger partial charge in [-0.1, -0.05) is 29.8 Å². The lowest BCUT2D eigenvalue weighted by atomic mass is 9.68. The third-order valence-electron chi connectivity index (χ3n) is 9.08. The Morgan fingerprint density at radius 3 is 2.83 bits per heavy atom. The number of hydrogen-bond donors (Lipinski definition) is 3. The molecule has 2 aliphatic carbocycles. The van der Waals surface area contributed by atoms with Crippen molar-refractivity contribution in [3.8, 4) is 5.75 Å². The number of aliphatic hydroxyl groups is 1. The summed E-state index contributed by atoms with van der Waals surface area (Å²) in [6.07, 6.45) is 8.30. The van der Waals surface area contributed by atoms with E-state index in [0.717, 1.165) is 42.8 Å². The first-order valence-electron chi connectivity index (χ1n) is 14.1. The Hall–Kier alpha value is -2.59. The Bertz CT molecular complexity index is 1450. The molecule has 1 spiro atoms. The molecule has 5 atom stereocenters. The van der Waals surface area contributed by atoms with E-state index in [0.29, 0.717) is 31.9 Å². The van der Waals surface area contributed by atoms with Gasteiger partial charge in [-0.05, 0) is 98.7 Å². The SMILES string of the molecule is C[C@@H]1C/C=C/C(O)[C@@H]2CC[C@H]2CN2C[C@@]3(CCCc4cc(Cl)ccc43)COc3ccc(cc32)C(=O)NS(=O)(=O)N1. The molecule has 8 nitrogen and oxygen atoms in total. The van der Waals surface area contributed by atoms with Gasteiger partial charge in [0.05, 0.1) is 18.4 Å². The van der Waals surface area contributed by atoms with Gasteiger partial charge in [-0.25, -0.2) is 4.72 Å². The highest BCUT2D eigenvalue weighted by atomic mass is 35.5. The van der Waals surface area contributed by atoms with Crippen LogP contribution >= 0.6 is 11.6 Å². The molecule has 40 heavy (non-hydrogen) atoms. The molecule has 4 aliphatic rings. The molecule has 6 rings (SSSR count). The molecular weight excluding hydrogens is 550 g/mol. The van der Waals surface area contributed by atoms with Crippen LogP contribution in [-0.4, -0.2) is 51.3 Å². The maximum absolute atomic E-state index is 13.1. The zero-order chi connectivity index (χ0) is 28.1. The molecule has 3 N–H and O–H groups in total. The first kappa shape index (κ1) is 27.6. The Kier molecular flexibility index (Phi) is 7.36. The lowest BCUT2D eigenvalue weighted by molar-refractivity contribution is 0.0456. The number of benzene rings is 2. The third kappa shape index (κ3) is 5.36. The van der Waals surface area contributed by atoms with Crippen molar-refractivity contribution in [1.29, 1.82) is 0 Å². The summed E-state index contributed by atoms with van der Waals surface area (Å²) in [4.78, 5) is 15.4. The van der Waals surface area contributed by atoms with Crippen LogP contribution in [0, 0.1) is 11.8 Å². The highest BCUT2D eigenvalue weighted by Crippen LogP contribution is 2.46. The Morgan fingerprint density at radius 2 is 2.02 bits per heavy atom. The topological polar surface area (TPSA) is 108 Å². The van der Waals surface area contributed by atoms with Crippen molar-refractivity contribution in [3.05, 3.63) is 70.3 Å². The minimum Gasteiger partial charge on any atom is -0.490 e. The molecule has 1 amide bonds. The molecule has 1 saturated carbocycles. The molecule has 10 heteroatoms. The van der Waals surface area contributed by atoms with Gasteiger partial charge < -0.3 is 14.7 Å². The number of aliphatic hydroxyl groups excluding tert-OH is 1. The lowest BCUT2D eigenvalue weighted by Gasteiger charge is -2.45. The number of carbonyl (C=O) groups is 1. The molecule has 0 saturated heterocycles. The van der Waals surface area contributed by atoms with Crippen LogP contribution in [0.2, 0.25) is 5.02 Å². The van der Waals surface area contributed by atoms with Crippen molar-refractivity contribution in [1.82, 2.24) is 9.44 Å².